The van der Waals surface area contributed by atoms with Crippen LogP contribution < -0.4 is 5.32 Å². The number of aromatic nitrogens is 1. The third-order valence-corrected chi connectivity index (χ3v) is 3.41. The zero-order chi connectivity index (χ0) is 13.7. The van der Waals surface area contributed by atoms with Crippen LogP contribution in [-0.4, -0.2) is 4.98 Å². The maximum atomic E-state index is 9.09. The number of hydrogen-bond donors (Lipinski definition) is 1. The quantitative estimate of drug-likeness (QED) is 0.931. The van der Waals surface area contributed by atoms with Crippen molar-refractivity contribution in [1.29, 1.82) is 5.26 Å². The third-order valence-electron chi connectivity index (χ3n) is 2.91. The summed E-state index contributed by atoms with van der Waals surface area (Å²) in [7, 11) is 0. The molecule has 0 fully saturated rings. The molecule has 3 nitrogen and oxygen atoms in total. The summed E-state index contributed by atoms with van der Waals surface area (Å²) in [6.45, 7) is 2.73. The van der Waals surface area contributed by atoms with Gasteiger partial charge >= 0.3 is 0 Å². The Kier molecular flexibility index (Phi) is 4.53. The molecule has 0 radical (unpaired) electrons. The van der Waals surface area contributed by atoms with E-state index < -0.39 is 0 Å². The molecule has 0 atom stereocenters. The molecule has 0 unspecified atom stereocenters. The first-order valence-corrected chi connectivity index (χ1v) is 6.90. The number of nitriles is 1. The van der Waals surface area contributed by atoms with Gasteiger partial charge in [0.25, 0.3) is 0 Å². The average molecular weight is 316 g/mol. The van der Waals surface area contributed by atoms with E-state index in [1.54, 1.807) is 12.3 Å². The zero-order valence-corrected chi connectivity index (χ0v) is 12.2. The van der Waals surface area contributed by atoms with E-state index in [9.17, 15) is 0 Å². The lowest BCUT2D eigenvalue weighted by atomic mass is 10.1. The van der Waals surface area contributed by atoms with Crippen LogP contribution in [0.5, 0.6) is 0 Å². The van der Waals surface area contributed by atoms with E-state index in [2.05, 4.69) is 45.3 Å². The maximum Gasteiger partial charge on any atom is 0.101 e. The van der Waals surface area contributed by atoms with E-state index >= 15 is 0 Å². The number of rotatable bonds is 4. The second-order valence-corrected chi connectivity index (χ2v) is 5.03. The number of halogens is 1. The summed E-state index contributed by atoms with van der Waals surface area (Å²) in [5, 5.41) is 12.4. The van der Waals surface area contributed by atoms with Crippen molar-refractivity contribution in [2.45, 2.75) is 19.9 Å². The summed E-state index contributed by atoms with van der Waals surface area (Å²) in [6, 6.07) is 11.8. The van der Waals surface area contributed by atoms with Crippen LogP contribution in [0.3, 0.4) is 0 Å². The molecule has 0 bridgehead atoms. The highest BCUT2D eigenvalue weighted by atomic mass is 79.9. The number of nitrogens with zero attached hydrogens (tertiary/aromatic N) is 2. The fraction of sp³-hybridized carbons (Fsp3) is 0.200. The van der Waals surface area contributed by atoms with Gasteiger partial charge in [0.05, 0.1) is 23.5 Å². The van der Waals surface area contributed by atoms with Gasteiger partial charge in [-0.05, 0) is 36.2 Å². The lowest BCUT2D eigenvalue weighted by Crippen LogP contribution is -2.06. The topological polar surface area (TPSA) is 48.7 Å². The molecule has 19 heavy (non-hydrogen) atoms. The van der Waals surface area contributed by atoms with E-state index in [0.717, 1.165) is 22.3 Å². The Morgan fingerprint density at radius 3 is 2.95 bits per heavy atom. The van der Waals surface area contributed by atoms with Gasteiger partial charge in [-0.1, -0.05) is 28.9 Å². The second-order valence-electron chi connectivity index (χ2n) is 4.12. The third kappa shape index (κ3) is 3.33. The Balaban J connectivity index is 2.19. The molecule has 0 spiro atoms. The summed E-state index contributed by atoms with van der Waals surface area (Å²) in [4.78, 5) is 4.39. The van der Waals surface area contributed by atoms with E-state index in [1.807, 2.05) is 18.2 Å². The van der Waals surface area contributed by atoms with Crippen molar-refractivity contribution in [1.82, 2.24) is 4.98 Å². The molecule has 0 aliphatic rings. The molecule has 4 heteroatoms. The van der Waals surface area contributed by atoms with Gasteiger partial charge in [0.1, 0.15) is 6.07 Å². The predicted molar refractivity (Wildman–Crippen MR) is 79.8 cm³/mol. The lowest BCUT2D eigenvalue weighted by molar-refractivity contribution is 0.971. The Morgan fingerprint density at radius 2 is 2.21 bits per heavy atom. The number of nitrogens with one attached hydrogen (secondary N) is 1. The zero-order valence-electron chi connectivity index (χ0n) is 10.7. The van der Waals surface area contributed by atoms with Crippen LogP contribution in [0.4, 0.5) is 5.69 Å². The number of anilines is 1. The highest BCUT2D eigenvalue weighted by molar-refractivity contribution is 9.10. The first kappa shape index (κ1) is 13.6. The fourth-order valence-electron chi connectivity index (χ4n) is 1.89. The van der Waals surface area contributed by atoms with Gasteiger partial charge in [-0.2, -0.15) is 5.26 Å². The van der Waals surface area contributed by atoms with Crippen molar-refractivity contribution in [3.63, 3.8) is 0 Å². The number of benzene rings is 1. The molecule has 0 aliphatic heterocycles. The average Bonchev–Trinajstić information content (AvgIpc) is 2.45. The molecule has 0 saturated carbocycles. The molecule has 1 aromatic heterocycles. The van der Waals surface area contributed by atoms with Crippen LogP contribution in [0, 0.1) is 11.3 Å². The van der Waals surface area contributed by atoms with Crippen molar-refractivity contribution < 1.29 is 0 Å². The Bertz CT molecular complexity index is 617. The van der Waals surface area contributed by atoms with Gasteiger partial charge < -0.3 is 5.32 Å². The number of pyridine rings is 1. The Labute approximate surface area is 121 Å². The molecule has 1 N–H and O–H groups in total. The highest BCUT2D eigenvalue weighted by Crippen LogP contribution is 2.21. The summed E-state index contributed by atoms with van der Waals surface area (Å²) >= 11 is 3.41. The summed E-state index contributed by atoms with van der Waals surface area (Å²) in [5.41, 5.74) is 3.71. The molecule has 0 aliphatic carbocycles. The predicted octanol–water partition coefficient (Wildman–Crippen LogP) is 3.89. The van der Waals surface area contributed by atoms with E-state index in [1.165, 1.54) is 5.56 Å². The monoisotopic (exact) mass is 315 g/mol. The maximum absolute atomic E-state index is 9.09. The van der Waals surface area contributed by atoms with Crippen molar-refractivity contribution in [3.8, 4) is 6.07 Å². The molecular weight excluding hydrogens is 302 g/mol. The molecule has 2 rings (SSSR count). The molecular formula is C15H14BrN3. The van der Waals surface area contributed by atoms with E-state index in [-0.39, 0.29) is 0 Å². The van der Waals surface area contributed by atoms with Crippen molar-refractivity contribution >= 4 is 21.6 Å². The summed E-state index contributed by atoms with van der Waals surface area (Å²) in [6.07, 6.45) is 2.75. The fourth-order valence-corrected chi connectivity index (χ4v) is 2.25. The van der Waals surface area contributed by atoms with Crippen LogP contribution in [0.2, 0.25) is 0 Å². The number of aryl methyl sites for hydroxylation is 1. The van der Waals surface area contributed by atoms with Gasteiger partial charge in [0.15, 0.2) is 0 Å². The van der Waals surface area contributed by atoms with Crippen LogP contribution in [0.1, 0.15) is 23.7 Å². The minimum atomic E-state index is 0.620. The molecule has 0 amide bonds. The Morgan fingerprint density at radius 1 is 1.37 bits per heavy atom. The molecule has 2 aromatic rings. The summed E-state index contributed by atoms with van der Waals surface area (Å²) in [5.74, 6) is 0. The molecule has 1 heterocycles. The van der Waals surface area contributed by atoms with Crippen LogP contribution >= 0.6 is 15.9 Å². The SMILES string of the molecule is CCc1cccnc1CNc1cc(Br)ccc1C#N. The van der Waals surface area contributed by atoms with Crippen molar-refractivity contribution in [2.24, 2.45) is 0 Å². The minimum Gasteiger partial charge on any atom is -0.378 e. The smallest absolute Gasteiger partial charge is 0.101 e. The Hall–Kier alpha value is -1.86. The van der Waals surface area contributed by atoms with Crippen molar-refractivity contribution in [2.75, 3.05) is 5.32 Å². The van der Waals surface area contributed by atoms with Crippen molar-refractivity contribution in [3.05, 3.63) is 57.8 Å². The van der Waals surface area contributed by atoms with Crippen LogP contribution in [-0.2, 0) is 13.0 Å². The first-order chi connectivity index (χ1) is 9.24. The normalized spacial score (nSPS) is 9.95. The molecule has 0 saturated heterocycles. The lowest BCUT2D eigenvalue weighted by Gasteiger charge is -2.10. The van der Waals surface area contributed by atoms with E-state index in [0.29, 0.717) is 12.1 Å². The van der Waals surface area contributed by atoms with Gasteiger partial charge in [-0.15, -0.1) is 0 Å². The summed E-state index contributed by atoms with van der Waals surface area (Å²) < 4.78 is 0.950. The van der Waals surface area contributed by atoms with E-state index in [4.69, 9.17) is 5.26 Å². The second kappa shape index (κ2) is 6.35. The molecule has 1 aromatic carbocycles. The van der Waals surface area contributed by atoms with Crippen LogP contribution in [0.25, 0.3) is 0 Å². The highest BCUT2D eigenvalue weighted by Gasteiger charge is 2.05. The van der Waals surface area contributed by atoms with Gasteiger partial charge in [-0.3, -0.25) is 4.98 Å². The molecule has 96 valence electrons. The first-order valence-electron chi connectivity index (χ1n) is 6.11. The van der Waals surface area contributed by atoms with Crippen LogP contribution in [0.15, 0.2) is 41.0 Å². The van der Waals surface area contributed by atoms with Gasteiger partial charge in [0, 0.05) is 10.7 Å². The number of hydrogen-bond acceptors (Lipinski definition) is 3. The van der Waals surface area contributed by atoms with Gasteiger partial charge in [0.2, 0.25) is 0 Å². The standard InChI is InChI=1S/C15H14BrN3/c1-2-11-4-3-7-18-15(11)10-19-14-8-13(16)6-5-12(14)9-17/h3-8,19H,2,10H2,1H3. The van der Waals surface area contributed by atoms with Gasteiger partial charge in [-0.25, -0.2) is 0 Å². The minimum absolute atomic E-state index is 0.620. The largest absolute Gasteiger partial charge is 0.378 e.